The molecule has 1 aliphatic rings. The van der Waals surface area contributed by atoms with Gasteiger partial charge >= 0.3 is 0 Å². The summed E-state index contributed by atoms with van der Waals surface area (Å²) in [6.07, 6.45) is -1.74. The molecule has 0 radical (unpaired) electrons. The summed E-state index contributed by atoms with van der Waals surface area (Å²) < 4.78 is 24.7. The standard InChI is InChI=1S/C15H35BrO5Si3/c1-22(2,3)18-10-11-13(20-23(4,5)6)14(21-24(7,8)9)12(16)15(17)19-11/h11-15,17H,10H2,1-9H3/t11-,12-,13+,14-,15-/m1/s1. The Bertz CT molecular complexity index is 405. The van der Waals surface area contributed by atoms with E-state index in [1.807, 2.05) is 0 Å². The molecule has 1 rings (SSSR count). The third kappa shape index (κ3) is 8.09. The molecule has 0 spiro atoms. The van der Waals surface area contributed by atoms with E-state index in [2.05, 4.69) is 74.9 Å². The molecule has 1 aliphatic heterocycles. The van der Waals surface area contributed by atoms with Crippen LogP contribution in [0.2, 0.25) is 58.9 Å². The molecular formula is C15H35BrO5Si3. The molecule has 5 atom stereocenters. The van der Waals surface area contributed by atoms with Crippen LogP contribution in [0.1, 0.15) is 0 Å². The fraction of sp³-hybridized carbons (Fsp3) is 1.00. The van der Waals surface area contributed by atoms with Crippen LogP contribution in [0.25, 0.3) is 0 Å². The number of rotatable bonds is 7. The highest BCUT2D eigenvalue weighted by Gasteiger charge is 2.48. The Hall–Kier alpha value is 0.931. The summed E-state index contributed by atoms with van der Waals surface area (Å²) in [5, 5.41) is 10.3. The van der Waals surface area contributed by atoms with Crippen molar-refractivity contribution in [3.05, 3.63) is 0 Å². The second kappa shape index (κ2) is 8.30. The summed E-state index contributed by atoms with van der Waals surface area (Å²) in [7, 11) is -5.32. The zero-order chi connectivity index (χ0) is 18.9. The maximum absolute atomic E-state index is 10.3. The molecule has 0 aromatic carbocycles. The van der Waals surface area contributed by atoms with Gasteiger partial charge in [-0.1, -0.05) is 15.9 Å². The number of hydrogen-bond donors (Lipinski definition) is 1. The van der Waals surface area contributed by atoms with Crippen molar-refractivity contribution in [1.29, 1.82) is 0 Å². The van der Waals surface area contributed by atoms with Gasteiger partial charge in [-0.15, -0.1) is 0 Å². The number of ether oxygens (including phenoxy) is 1. The van der Waals surface area contributed by atoms with Gasteiger partial charge in [0.15, 0.2) is 31.2 Å². The minimum atomic E-state index is -1.82. The van der Waals surface area contributed by atoms with Gasteiger partial charge in [0.1, 0.15) is 6.10 Å². The number of halogens is 1. The van der Waals surface area contributed by atoms with Gasteiger partial charge in [0, 0.05) is 0 Å². The topological polar surface area (TPSA) is 57.2 Å². The summed E-state index contributed by atoms with van der Waals surface area (Å²) in [5.41, 5.74) is 0. The van der Waals surface area contributed by atoms with E-state index < -0.39 is 31.2 Å². The lowest BCUT2D eigenvalue weighted by atomic mass is 10.0. The van der Waals surface area contributed by atoms with Crippen molar-refractivity contribution >= 4 is 40.9 Å². The summed E-state index contributed by atoms with van der Waals surface area (Å²) in [5.74, 6) is 0. The molecular weight excluding hydrogens is 424 g/mol. The average molecular weight is 460 g/mol. The molecule has 0 unspecified atom stereocenters. The zero-order valence-electron chi connectivity index (χ0n) is 16.6. The molecule has 1 saturated heterocycles. The van der Waals surface area contributed by atoms with Gasteiger partial charge in [-0.25, -0.2) is 0 Å². The Morgan fingerprint density at radius 3 is 1.71 bits per heavy atom. The normalized spacial score (nSPS) is 32.9. The lowest BCUT2D eigenvalue weighted by molar-refractivity contribution is -0.225. The second-order valence-corrected chi connectivity index (χ2v) is 23.8. The van der Waals surface area contributed by atoms with Gasteiger partial charge < -0.3 is 23.1 Å². The van der Waals surface area contributed by atoms with Crippen LogP contribution in [0.3, 0.4) is 0 Å². The highest BCUT2D eigenvalue weighted by Crippen LogP contribution is 2.33. The van der Waals surface area contributed by atoms with Crippen LogP contribution < -0.4 is 0 Å². The van der Waals surface area contributed by atoms with Crippen molar-refractivity contribution in [2.75, 3.05) is 6.61 Å². The van der Waals surface area contributed by atoms with Crippen LogP contribution in [0.5, 0.6) is 0 Å². The fourth-order valence-electron chi connectivity index (χ4n) is 2.44. The lowest BCUT2D eigenvalue weighted by Crippen LogP contribution is -2.62. The molecule has 0 aromatic rings. The highest BCUT2D eigenvalue weighted by atomic mass is 79.9. The first-order valence-corrected chi connectivity index (χ1v) is 19.7. The summed E-state index contributed by atoms with van der Waals surface area (Å²) in [4.78, 5) is -0.311. The van der Waals surface area contributed by atoms with Crippen molar-refractivity contribution in [2.24, 2.45) is 0 Å². The van der Waals surface area contributed by atoms with E-state index in [-0.39, 0.29) is 23.1 Å². The predicted octanol–water partition coefficient (Wildman–Crippen LogP) is 3.76. The molecule has 24 heavy (non-hydrogen) atoms. The van der Waals surface area contributed by atoms with Crippen molar-refractivity contribution in [1.82, 2.24) is 0 Å². The minimum Gasteiger partial charge on any atom is -0.415 e. The molecule has 0 aromatic heterocycles. The predicted molar refractivity (Wildman–Crippen MR) is 109 cm³/mol. The third-order valence-corrected chi connectivity index (χ3v) is 7.22. The van der Waals surface area contributed by atoms with Crippen molar-refractivity contribution < 1.29 is 23.1 Å². The average Bonchev–Trinajstić information content (AvgIpc) is 2.32. The maximum Gasteiger partial charge on any atom is 0.184 e. The van der Waals surface area contributed by atoms with Gasteiger partial charge in [-0.2, -0.15) is 0 Å². The molecule has 9 heteroatoms. The highest BCUT2D eigenvalue weighted by molar-refractivity contribution is 9.09. The first kappa shape index (κ1) is 23.0. The molecule has 144 valence electrons. The van der Waals surface area contributed by atoms with Crippen LogP contribution in [-0.2, 0) is 18.0 Å². The maximum atomic E-state index is 10.3. The van der Waals surface area contributed by atoms with Crippen LogP contribution >= 0.6 is 15.9 Å². The Morgan fingerprint density at radius 2 is 1.29 bits per heavy atom. The zero-order valence-corrected chi connectivity index (χ0v) is 21.1. The van der Waals surface area contributed by atoms with Crippen LogP contribution in [0, 0.1) is 0 Å². The molecule has 1 N–H and O–H groups in total. The van der Waals surface area contributed by atoms with Crippen LogP contribution in [-0.4, -0.2) is 66.1 Å². The van der Waals surface area contributed by atoms with E-state index in [1.165, 1.54) is 0 Å². The van der Waals surface area contributed by atoms with E-state index in [1.54, 1.807) is 0 Å². The molecule has 0 saturated carbocycles. The SMILES string of the molecule is C[Si](C)(C)OC[C@H]1O[C@@H](O)[C@H](Br)[C@@H](O[Si](C)(C)C)[C@H]1O[Si](C)(C)C. The molecule has 0 bridgehead atoms. The smallest absolute Gasteiger partial charge is 0.184 e. The summed E-state index contributed by atoms with van der Waals surface area (Å²) >= 11 is 3.56. The van der Waals surface area contributed by atoms with Gasteiger partial charge in [0.2, 0.25) is 0 Å². The lowest BCUT2D eigenvalue weighted by Gasteiger charge is -2.47. The molecule has 0 aliphatic carbocycles. The quantitative estimate of drug-likeness (QED) is 0.464. The Labute approximate surface area is 158 Å². The number of hydrogen-bond acceptors (Lipinski definition) is 5. The first-order chi connectivity index (χ1) is 10.6. The molecule has 1 heterocycles. The van der Waals surface area contributed by atoms with Crippen molar-refractivity contribution in [2.45, 2.75) is 88.4 Å². The monoisotopic (exact) mass is 458 g/mol. The van der Waals surface area contributed by atoms with E-state index in [0.717, 1.165) is 0 Å². The summed E-state index contributed by atoms with van der Waals surface area (Å²) in [6, 6.07) is 0. The Kier molecular flexibility index (Phi) is 7.95. The molecule has 5 nitrogen and oxygen atoms in total. The fourth-order valence-corrected chi connectivity index (χ4v) is 6.04. The largest absolute Gasteiger partial charge is 0.415 e. The van der Waals surface area contributed by atoms with Gasteiger partial charge in [0.25, 0.3) is 0 Å². The van der Waals surface area contributed by atoms with Gasteiger partial charge in [0.05, 0.1) is 23.6 Å². The van der Waals surface area contributed by atoms with E-state index in [4.69, 9.17) is 18.0 Å². The molecule has 1 fully saturated rings. The number of aliphatic hydroxyl groups excluding tert-OH is 1. The van der Waals surface area contributed by atoms with Gasteiger partial charge in [-0.05, 0) is 58.9 Å². The van der Waals surface area contributed by atoms with E-state index >= 15 is 0 Å². The van der Waals surface area contributed by atoms with Crippen molar-refractivity contribution in [3.8, 4) is 0 Å². The van der Waals surface area contributed by atoms with E-state index in [0.29, 0.717) is 6.61 Å². The Balaban J connectivity index is 3.05. The van der Waals surface area contributed by atoms with Crippen molar-refractivity contribution in [3.63, 3.8) is 0 Å². The second-order valence-electron chi connectivity index (χ2n) is 9.32. The Morgan fingerprint density at radius 1 is 0.833 bits per heavy atom. The van der Waals surface area contributed by atoms with E-state index in [9.17, 15) is 5.11 Å². The molecule has 0 amide bonds. The minimum absolute atomic E-state index is 0.243. The van der Waals surface area contributed by atoms with Crippen LogP contribution in [0.15, 0.2) is 0 Å². The first-order valence-electron chi connectivity index (χ1n) is 8.56. The third-order valence-electron chi connectivity index (χ3n) is 3.25. The van der Waals surface area contributed by atoms with Gasteiger partial charge in [-0.3, -0.25) is 0 Å². The number of aliphatic hydroxyl groups is 1. The summed E-state index contributed by atoms with van der Waals surface area (Å²) in [6.45, 7) is 19.8. The van der Waals surface area contributed by atoms with Crippen LogP contribution in [0.4, 0.5) is 0 Å². The number of alkyl halides is 1.